The van der Waals surface area contributed by atoms with E-state index in [9.17, 15) is 0 Å². The van der Waals surface area contributed by atoms with Crippen molar-refractivity contribution in [1.82, 2.24) is 0 Å². The third kappa shape index (κ3) is 3.48. The quantitative estimate of drug-likeness (QED) is 0.591. The van der Waals surface area contributed by atoms with Crippen LogP contribution < -0.4 is 0 Å². The van der Waals surface area contributed by atoms with Crippen molar-refractivity contribution in [2.24, 2.45) is 11.1 Å². The van der Waals surface area contributed by atoms with Crippen molar-refractivity contribution in [3.8, 4) is 0 Å². The summed E-state index contributed by atoms with van der Waals surface area (Å²) < 4.78 is 5.98. The van der Waals surface area contributed by atoms with Crippen molar-refractivity contribution in [3.05, 3.63) is 0 Å². The SMILES string of the molecule is ON=C1CCC(OCC2CCCCC2)CC1. The van der Waals surface area contributed by atoms with Crippen molar-refractivity contribution in [1.29, 1.82) is 0 Å². The van der Waals surface area contributed by atoms with Gasteiger partial charge in [-0.15, -0.1) is 0 Å². The van der Waals surface area contributed by atoms with E-state index in [0.717, 1.165) is 43.9 Å². The van der Waals surface area contributed by atoms with Crippen molar-refractivity contribution in [2.45, 2.75) is 63.9 Å². The fraction of sp³-hybridized carbons (Fsp3) is 0.923. The minimum absolute atomic E-state index is 0.410. The van der Waals surface area contributed by atoms with E-state index in [0.29, 0.717) is 6.10 Å². The summed E-state index contributed by atoms with van der Waals surface area (Å²) in [5.41, 5.74) is 0.942. The number of oxime groups is 1. The minimum Gasteiger partial charge on any atom is -0.411 e. The number of hydrogen-bond donors (Lipinski definition) is 1. The summed E-state index contributed by atoms with van der Waals surface area (Å²) >= 11 is 0. The Morgan fingerprint density at radius 2 is 1.75 bits per heavy atom. The third-order valence-electron chi connectivity index (χ3n) is 3.94. The molecule has 0 aromatic heterocycles. The third-order valence-corrected chi connectivity index (χ3v) is 3.94. The summed E-state index contributed by atoms with van der Waals surface area (Å²) in [6.45, 7) is 0.955. The van der Waals surface area contributed by atoms with Crippen LogP contribution in [0.5, 0.6) is 0 Å². The predicted molar refractivity (Wildman–Crippen MR) is 64.0 cm³/mol. The number of rotatable bonds is 3. The van der Waals surface area contributed by atoms with Gasteiger partial charge in [0.15, 0.2) is 0 Å². The van der Waals surface area contributed by atoms with E-state index in [2.05, 4.69) is 5.16 Å². The first-order valence-electron chi connectivity index (χ1n) is 6.70. The number of nitrogens with zero attached hydrogens (tertiary/aromatic N) is 1. The van der Waals surface area contributed by atoms with Gasteiger partial charge >= 0.3 is 0 Å². The maximum Gasteiger partial charge on any atom is 0.0582 e. The average molecular weight is 225 g/mol. The van der Waals surface area contributed by atoms with Gasteiger partial charge in [-0.05, 0) is 44.4 Å². The molecule has 92 valence electrons. The number of hydrogen-bond acceptors (Lipinski definition) is 3. The lowest BCUT2D eigenvalue weighted by Crippen LogP contribution is -2.25. The largest absolute Gasteiger partial charge is 0.411 e. The maximum atomic E-state index is 8.66. The van der Waals surface area contributed by atoms with Crippen molar-refractivity contribution >= 4 is 5.71 Å². The predicted octanol–water partition coefficient (Wildman–Crippen LogP) is 3.36. The molecule has 16 heavy (non-hydrogen) atoms. The molecule has 3 heteroatoms. The van der Waals surface area contributed by atoms with Gasteiger partial charge in [0.25, 0.3) is 0 Å². The fourth-order valence-electron chi connectivity index (χ4n) is 2.82. The number of ether oxygens (including phenoxy) is 1. The summed E-state index contributed by atoms with van der Waals surface area (Å²) in [6.07, 6.45) is 11.2. The Labute approximate surface area is 97.9 Å². The van der Waals surface area contributed by atoms with Crippen LogP contribution >= 0.6 is 0 Å². The highest BCUT2D eigenvalue weighted by Crippen LogP contribution is 2.26. The monoisotopic (exact) mass is 225 g/mol. The normalized spacial score (nSPS) is 28.0. The van der Waals surface area contributed by atoms with Gasteiger partial charge in [-0.3, -0.25) is 0 Å². The van der Waals surface area contributed by atoms with Crippen LogP contribution in [0.15, 0.2) is 5.16 Å². The minimum atomic E-state index is 0.410. The van der Waals surface area contributed by atoms with Crippen LogP contribution in [-0.4, -0.2) is 23.6 Å². The average Bonchev–Trinajstić information content (AvgIpc) is 2.38. The Morgan fingerprint density at radius 3 is 2.38 bits per heavy atom. The Bertz CT molecular complexity index is 224. The Hall–Kier alpha value is -0.570. The van der Waals surface area contributed by atoms with Gasteiger partial charge in [0.1, 0.15) is 0 Å². The Morgan fingerprint density at radius 1 is 1.06 bits per heavy atom. The first-order valence-corrected chi connectivity index (χ1v) is 6.70. The zero-order chi connectivity index (χ0) is 11.2. The molecule has 0 saturated heterocycles. The molecule has 2 saturated carbocycles. The molecule has 0 unspecified atom stereocenters. The Kier molecular flexibility index (Phi) is 4.64. The Balaban J connectivity index is 1.63. The van der Waals surface area contributed by atoms with Crippen LogP contribution in [0, 0.1) is 5.92 Å². The molecule has 0 atom stereocenters. The molecule has 1 N–H and O–H groups in total. The van der Waals surface area contributed by atoms with Crippen LogP contribution in [-0.2, 0) is 4.74 Å². The lowest BCUT2D eigenvalue weighted by Gasteiger charge is -2.27. The summed E-state index contributed by atoms with van der Waals surface area (Å²) in [7, 11) is 0. The molecular formula is C13H23NO2. The molecule has 2 aliphatic carbocycles. The second-order valence-electron chi connectivity index (χ2n) is 5.20. The standard InChI is InChI=1S/C13H23NO2/c15-14-12-6-8-13(9-7-12)16-10-11-4-2-1-3-5-11/h11,13,15H,1-10H2. The van der Waals surface area contributed by atoms with Gasteiger partial charge < -0.3 is 9.94 Å². The molecule has 2 aliphatic rings. The smallest absolute Gasteiger partial charge is 0.0582 e. The topological polar surface area (TPSA) is 41.8 Å². The zero-order valence-electron chi connectivity index (χ0n) is 10.0. The van der Waals surface area contributed by atoms with E-state index in [4.69, 9.17) is 9.94 Å². The molecule has 3 nitrogen and oxygen atoms in total. The molecule has 0 radical (unpaired) electrons. The van der Waals surface area contributed by atoms with Crippen molar-refractivity contribution in [3.63, 3.8) is 0 Å². The molecule has 0 aromatic carbocycles. The lowest BCUT2D eigenvalue weighted by atomic mass is 9.89. The van der Waals surface area contributed by atoms with Crippen molar-refractivity contribution < 1.29 is 9.94 Å². The highest BCUT2D eigenvalue weighted by molar-refractivity contribution is 5.84. The molecule has 0 amide bonds. The van der Waals surface area contributed by atoms with Crippen LogP contribution in [0.2, 0.25) is 0 Å². The molecule has 0 heterocycles. The van der Waals surface area contributed by atoms with Gasteiger partial charge in [0.2, 0.25) is 0 Å². The first kappa shape index (κ1) is 11.9. The van der Waals surface area contributed by atoms with Gasteiger partial charge in [-0.1, -0.05) is 24.4 Å². The van der Waals surface area contributed by atoms with Gasteiger partial charge in [0.05, 0.1) is 11.8 Å². The molecule has 0 aromatic rings. The van der Waals surface area contributed by atoms with Gasteiger partial charge in [0, 0.05) is 6.61 Å². The molecule has 0 aliphatic heterocycles. The highest BCUT2D eigenvalue weighted by Gasteiger charge is 2.20. The maximum absolute atomic E-state index is 8.66. The molecule has 2 rings (SSSR count). The summed E-state index contributed by atoms with van der Waals surface area (Å²) in [5, 5.41) is 12.0. The lowest BCUT2D eigenvalue weighted by molar-refractivity contribution is 0.0102. The summed E-state index contributed by atoms with van der Waals surface area (Å²) in [6, 6.07) is 0. The van der Waals surface area contributed by atoms with Crippen molar-refractivity contribution in [2.75, 3.05) is 6.61 Å². The molecule has 0 spiro atoms. The second kappa shape index (κ2) is 6.24. The molecular weight excluding hydrogens is 202 g/mol. The van der Waals surface area contributed by atoms with E-state index < -0.39 is 0 Å². The van der Waals surface area contributed by atoms with E-state index in [-0.39, 0.29) is 0 Å². The first-order chi connectivity index (χ1) is 7.88. The summed E-state index contributed by atoms with van der Waals surface area (Å²) in [4.78, 5) is 0. The molecule has 0 bridgehead atoms. The fourth-order valence-corrected chi connectivity index (χ4v) is 2.82. The van der Waals surface area contributed by atoms with Gasteiger partial charge in [-0.25, -0.2) is 0 Å². The summed E-state index contributed by atoms with van der Waals surface area (Å²) in [5.74, 6) is 0.807. The van der Waals surface area contributed by atoms with E-state index in [1.165, 1.54) is 32.1 Å². The van der Waals surface area contributed by atoms with Gasteiger partial charge in [-0.2, -0.15) is 0 Å². The highest BCUT2D eigenvalue weighted by atomic mass is 16.5. The van der Waals surface area contributed by atoms with Crippen LogP contribution in [0.1, 0.15) is 57.8 Å². The van der Waals surface area contributed by atoms with Crippen LogP contribution in [0.25, 0.3) is 0 Å². The van der Waals surface area contributed by atoms with Crippen LogP contribution in [0.3, 0.4) is 0 Å². The van der Waals surface area contributed by atoms with E-state index in [1.54, 1.807) is 0 Å². The van der Waals surface area contributed by atoms with Crippen LogP contribution in [0.4, 0.5) is 0 Å². The zero-order valence-corrected chi connectivity index (χ0v) is 10.0. The van der Waals surface area contributed by atoms with E-state index in [1.807, 2.05) is 0 Å². The van der Waals surface area contributed by atoms with E-state index >= 15 is 0 Å². The second-order valence-corrected chi connectivity index (χ2v) is 5.20. The molecule has 2 fully saturated rings.